The molecule has 6 nitrogen and oxygen atoms in total. The Hall–Kier alpha value is -2.38. The molecular formula is C18H17ClN4O2S. The maximum atomic E-state index is 12.8. The van der Waals surface area contributed by atoms with Crippen LogP contribution in [-0.2, 0) is 0 Å². The number of thiophene rings is 1. The summed E-state index contributed by atoms with van der Waals surface area (Å²) in [6.45, 7) is 1.21. The zero-order valence-corrected chi connectivity index (χ0v) is 15.5. The molecular weight excluding hydrogens is 372 g/mol. The van der Waals surface area contributed by atoms with Crippen molar-refractivity contribution in [1.82, 2.24) is 20.1 Å². The highest BCUT2D eigenvalue weighted by molar-refractivity contribution is 7.13. The number of amides is 1. The molecule has 0 aromatic carbocycles. The fourth-order valence-corrected chi connectivity index (χ4v) is 3.86. The number of halogens is 1. The number of hydrogen-bond acceptors (Lipinski definition) is 5. The molecule has 1 N–H and O–H groups in total. The van der Waals surface area contributed by atoms with Crippen molar-refractivity contribution in [2.45, 2.75) is 18.9 Å². The second kappa shape index (κ2) is 7.47. The first-order valence-corrected chi connectivity index (χ1v) is 9.61. The van der Waals surface area contributed by atoms with Gasteiger partial charge in [-0.05, 0) is 30.4 Å². The summed E-state index contributed by atoms with van der Waals surface area (Å²) in [6, 6.07) is 7.51. The normalized spacial score (nSPS) is 17.3. The number of likely N-dealkylation sites (tertiary alicyclic amines) is 1. The molecule has 0 radical (unpaired) electrons. The average Bonchev–Trinajstić information content (AvgIpc) is 3.35. The Bertz CT molecular complexity index is 896. The van der Waals surface area contributed by atoms with Gasteiger partial charge in [0.25, 0.3) is 5.91 Å². The number of aromatic nitrogens is 3. The number of aromatic amines is 1. The van der Waals surface area contributed by atoms with Gasteiger partial charge in [-0.3, -0.25) is 14.9 Å². The van der Waals surface area contributed by atoms with Crippen LogP contribution in [0.2, 0.25) is 5.02 Å². The smallest absolute Gasteiger partial charge is 0.274 e. The van der Waals surface area contributed by atoms with Gasteiger partial charge in [0.2, 0.25) is 0 Å². The minimum Gasteiger partial charge on any atom is -0.487 e. The molecule has 26 heavy (non-hydrogen) atoms. The number of nitrogens with zero attached hydrogens (tertiary/aromatic N) is 3. The highest BCUT2D eigenvalue weighted by Crippen LogP contribution is 2.27. The van der Waals surface area contributed by atoms with E-state index in [1.165, 1.54) is 0 Å². The van der Waals surface area contributed by atoms with Crippen LogP contribution in [0.5, 0.6) is 5.75 Å². The molecule has 8 heteroatoms. The van der Waals surface area contributed by atoms with Crippen molar-refractivity contribution in [2.24, 2.45) is 0 Å². The van der Waals surface area contributed by atoms with Gasteiger partial charge in [0.1, 0.15) is 16.9 Å². The third kappa shape index (κ3) is 3.59. The second-order valence-electron chi connectivity index (χ2n) is 6.08. The van der Waals surface area contributed by atoms with Gasteiger partial charge in [-0.15, -0.1) is 11.3 Å². The lowest BCUT2D eigenvalue weighted by Gasteiger charge is -2.32. The number of ether oxygens (including phenoxy) is 1. The Morgan fingerprint density at radius 2 is 2.35 bits per heavy atom. The molecule has 134 valence electrons. The van der Waals surface area contributed by atoms with Crippen LogP contribution in [0.3, 0.4) is 0 Å². The van der Waals surface area contributed by atoms with E-state index < -0.39 is 0 Å². The molecule has 1 aliphatic heterocycles. The Labute approximate surface area is 159 Å². The van der Waals surface area contributed by atoms with Gasteiger partial charge in [0.05, 0.1) is 17.1 Å². The monoisotopic (exact) mass is 388 g/mol. The van der Waals surface area contributed by atoms with E-state index in [1.54, 1.807) is 40.8 Å². The van der Waals surface area contributed by atoms with Crippen LogP contribution in [0.4, 0.5) is 0 Å². The number of H-pyrrole nitrogens is 1. The first-order chi connectivity index (χ1) is 12.7. The Morgan fingerprint density at radius 1 is 1.42 bits per heavy atom. The van der Waals surface area contributed by atoms with E-state index in [0.29, 0.717) is 29.6 Å². The number of piperidine rings is 1. The van der Waals surface area contributed by atoms with Crippen molar-refractivity contribution in [2.75, 3.05) is 13.1 Å². The Morgan fingerprint density at radius 3 is 3.15 bits per heavy atom. The van der Waals surface area contributed by atoms with E-state index >= 15 is 0 Å². The third-order valence-corrected chi connectivity index (χ3v) is 5.46. The molecule has 3 aromatic heterocycles. The Kier molecular flexibility index (Phi) is 4.90. The van der Waals surface area contributed by atoms with Crippen LogP contribution in [0.25, 0.3) is 10.6 Å². The molecule has 0 bridgehead atoms. The number of hydrogen-bond donors (Lipinski definition) is 1. The lowest BCUT2D eigenvalue weighted by molar-refractivity contribution is 0.0532. The molecule has 1 atom stereocenters. The molecule has 1 amide bonds. The first-order valence-electron chi connectivity index (χ1n) is 8.35. The second-order valence-corrected chi connectivity index (χ2v) is 7.44. The van der Waals surface area contributed by atoms with Crippen molar-refractivity contribution in [3.8, 4) is 16.3 Å². The number of rotatable bonds is 4. The van der Waals surface area contributed by atoms with E-state index in [2.05, 4.69) is 15.2 Å². The fraction of sp³-hybridized carbons (Fsp3) is 0.278. The fourth-order valence-electron chi connectivity index (χ4n) is 3.01. The van der Waals surface area contributed by atoms with E-state index in [4.69, 9.17) is 16.3 Å². The lowest BCUT2D eigenvalue weighted by atomic mass is 10.1. The molecule has 1 fully saturated rings. The number of carbonyl (C=O) groups excluding carboxylic acids is 1. The highest BCUT2D eigenvalue weighted by atomic mass is 35.5. The van der Waals surface area contributed by atoms with Crippen LogP contribution in [0.1, 0.15) is 23.3 Å². The van der Waals surface area contributed by atoms with Crippen LogP contribution >= 0.6 is 22.9 Å². The molecule has 0 saturated carbocycles. The maximum absolute atomic E-state index is 12.8. The predicted molar refractivity (Wildman–Crippen MR) is 101 cm³/mol. The summed E-state index contributed by atoms with van der Waals surface area (Å²) in [6.07, 6.45) is 4.86. The summed E-state index contributed by atoms with van der Waals surface area (Å²) in [5, 5.41) is 9.60. The van der Waals surface area contributed by atoms with Crippen molar-refractivity contribution in [1.29, 1.82) is 0 Å². The van der Waals surface area contributed by atoms with Crippen LogP contribution < -0.4 is 4.74 Å². The van der Waals surface area contributed by atoms with Crippen LogP contribution in [-0.4, -0.2) is 45.2 Å². The molecule has 4 heterocycles. The lowest BCUT2D eigenvalue weighted by Crippen LogP contribution is -2.44. The zero-order chi connectivity index (χ0) is 17.9. The summed E-state index contributed by atoms with van der Waals surface area (Å²) in [4.78, 5) is 19.6. The largest absolute Gasteiger partial charge is 0.487 e. The predicted octanol–water partition coefficient (Wildman–Crippen LogP) is 3.87. The standard InChI is InChI=1S/C18H17ClN4O2S/c19-13-10-20-6-5-16(13)25-12-3-1-7-23(11-12)18(24)15-9-14(21-22-15)17-4-2-8-26-17/h2,4-6,8-10,12H,1,3,7,11H2,(H,21,22). The minimum atomic E-state index is -0.0942. The maximum Gasteiger partial charge on any atom is 0.274 e. The summed E-state index contributed by atoms with van der Waals surface area (Å²) in [5.41, 5.74) is 1.28. The van der Waals surface area contributed by atoms with Gasteiger partial charge in [-0.25, -0.2) is 0 Å². The van der Waals surface area contributed by atoms with Crippen LogP contribution in [0, 0.1) is 0 Å². The van der Waals surface area contributed by atoms with Gasteiger partial charge >= 0.3 is 0 Å². The van der Waals surface area contributed by atoms with Gasteiger partial charge in [0.15, 0.2) is 5.69 Å². The van der Waals surface area contributed by atoms with Gasteiger partial charge < -0.3 is 9.64 Å². The van der Waals surface area contributed by atoms with Gasteiger partial charge in [-0.2, -0.15) is 5.10 Å². The number of pyridine rings is 1. The first kappa shape index (κ1) is 17.1. The molecule has 0 aliphatic carbocycles. The van der Waals surface area contributed by atoms with Crippen molar-refractivity contribution < 1.29 is 9.53 Å². The highest BCUT2D eigenvalue weighted by Gasteiger charge is 2.27. The van der Waals surface area contributed by atoms with E-state index in [9.17, 15) is 4.79 Å². The van der Waals surface area contributed by atoms with Gasteiger partial charge in [0, 0.05) is 25.0 Å². The van der Waals surface area contributed by atoms with E-state index in [-0.39, 0.29) is 12.0 Å². The summed E-state index contributed by atoms with van der Waals surface area (Å²) in [5.74, 6) is 0.513. The third-order valence-electron chi connectivity index (χ3n) is 4.28. The van der Waals surface area contributed by atoms with Crippen molar-refractivity contribution in [3.63, 3.8) is 0 Å². The Balaban J connectivity index is 1.44. The quantitative estimate of drug-likeness (QED) is 0.736. The van der Waals surface area contributed by atoms with E-state index in [0.717, 1.165) is 23.4 Å². The summed E-state index contributed by atoms with van der Waals surface area (Å²) >= 11 is 7.71. The zero-order valence-electron chi connectivity index (χ0n) is 13.9. The number of nitrogens with one attached hydrogen (secondary N) is 1. The molecule has 4 rings (SSSR count). The van der Waals surface area contributed by atoms with E-state index in [1.807, 2.05) is 17.5 Å². The molecule has 1 saturated heterocycles. The summed E-state index contributed by atoms with van der Waals surface area (Å²) in [7, 11) is 0. The molecule has 1 aliphatic rings. The average molecular weight is 389 g/mol. The van der Waals surface area contributed by atoms with Crippen LogP contribution in [0.15, 0.2) is 42.0 Å². The van der Waals surface area contributed by atoms with Gasteiger partial charge in [-0.1, -0.05) is 17.7 Å². The minimum absolute atomic E-state index is 0.0850. The molecule has 3 aromatic rings. The topological polar surface area (TPSA) is 71.1 Å². The molecule has 1 unspecified atom stereocenters. The SMILES string of the molecule is O=C(c1cc(-c2cccs2)[nH]n1)N1CCCC(Oc2ccncc2Cl)C1. The molecule has 0 spiro atoms. The van der Waals surface area contributed by atoms with Crippen molar-refractivity contribution >= 4 is 28.8 Å². The number of carbonyl (C=O) groups is 1. The summed E-state index contributed by atoms with van der Waals surface area (Å²) < 4.78 is 5.97. The van der Waals surface area contributed by atoms with Crippen molar-refractivity contribution in [3.05, 3.63) is 52.8 Å².